The number of aromatic nitrogens is 1. The summed E-state index contributed by atoms with van der Waals surface area (Å²) in [4.78, 5) is 3.21. The van der Waals surface area contributed by atoms with Crippen molar-refractivity contribution < 1.29 is 0 Å². The zero-order valence-corrected chi connectivity index (χ0v) is 8.46. The first-order valence-electron chi connectivity index (χ1n) is 5.12. The molecule has 0 radical (unpaired) electrons. The molecule has 0 aliphatic heterocycles. The molecule has 0 bridgehead atoms. The van der Waals surface area contributed by atoms with E-state index in [-0.39, 0.29) is 6.04 Å². The molecule has 0 aliphatic rings. The van der Waals surface area contributed by atoms with Crippen LogP contribution in [-0.4, -0.2) is 11.0 Å². The highest BCUT2D eigenvalue weighted by Gasteiger charge is 2.05. The number of fused-ring (bicyclic) bond motifs is 1. The monoisotopic (exact) mass is 188 g/mol. The van der Waals surface area contributed by atoms with Crippen LogP contribution in [0.15, 0.2) is 30.5 Å². The molecular weight excluding hydrogens is 172 g/mol. The Morgan fingerprint density at radius 2 is 2.21 bits per heavy atom. The highest BCUT2D eigenvalue weighted by molar-refractivity contribution is 5.82. The van der Waals surface area contributed by atoms with Gasteiger partial charge in [-0.05, 0) is 30.5 Å². The maximum Gasteiger partial charge on any atom is 0.0456 e. The maximum absolute atomic E-state index is 5.95. The smallest absolute Gasteiger partial charge is 0.0456 e. The lowest BCUT2D eigenvalue weighted by Gasteiger charge is -2.09. The molecule has 2 aromatic rings. The quantitative estimate of drug-likeness (QED) is 0.763. The van der Waals surface area contributed by atoms with Gasteiger partial charge >= 0.3 is 0 Å². The van der Waals surface area contributed by atoms with Gasteiger partial charge in [-0.25, -0.2) is 0 Å². The van der Waals surface area contributed by atoms with Crippen molar-refractivity contribution in [1.29, 1.82) is 0 Å². The number of hydrogen-bond donors (Lipinski definition) is 2. The molecule has 3 N–H and O–H groups in total. The molecule has 1 aromatic carbocycles. The fourth-order valence-electron chi connectivity index (χ4n) is 1.76. The minimum absolute atomic E-state index is 0.274. The molecule has 2 heteroatoms. The van der Waals surface area contributed by atoms with Crippen LogP contribution in [0.5, 0.6) is 0 Å². The molecule has 2 nitrogen and oxygen atoms in total. The molecule has 0 unspecified atom stereocenters. The Morgan fingerprint density at radius 3 is 3.00 bits per heavy atom. The zero-order chi connectivity index (χ0) is 9.97. The lowest BCUT2D eigenvalue weighted by molar-refractivity contribution is 0.649. The molecule has 1 aromatic heterocycles. The summed E-state index contributed by atoms with van der Waals surface area (Å²) in [6, 6.07) is 8.72. The minimum atomic E-state index is 0.274. The van der Waals surface area contributed by atoms with E-state index in [2.05, 4.69) is 36.2 Å². The van der Waals surface area contributed by atoms with Crippen molar-refractivity contribution in [3.8, 4) is 0 Å². The zero-order valence-electron chi connectivity index (χ0n) is 8.46. The lowest BCUT2D eigenvalue weighted by atomic mass is 10.0. The van der Waals surface area contributed by atoms with Gasteiger partial charge in [-0.2, -0.15) is 0 Å². The highest BCUT2D eigenvalue weighted by atomic mass is 14.7. The van der Waals surface area contributed by atoms with Crippen LogP contribution in [0.2, 0.25) is 0 Å². The molecule has 74 valence electrons. The second-order valence-electron chi connectivity index (χ2n) is 3.73. The van der Waals surface area contributed by atoms with E-state index in [1.807, 2.05) is 6.20 Å². The number of nitrogens with one attached hydrogen (secondary N) is 1. The number of hydrogen-bond acceptors (Lipinski definition) is 1. The first kappa shape index (κ1) is 9.28. The summed E-state index contributed by atoms with van der Waals surface area (Å²) in [6.45, 7) is 2.13. The Bertz CT molecular complexity index is 417. The van der Waals surface area contributed by atoms with Crippen LogP contribution in [0.3, 0.4) is 0 Å². The topological polar surface area (TPSA) is 41.8 Å². The maximum atomic E-state index is 5.95. The van der Waals surface area contributed by atoms with Gasteiger partial charge in [0.05, 0.1) is 0 Å². The van der Waals surface area contributed by atoms with E-state index in [1.165, 1.54) is 16.5 Å². The Kier molecular flexibility index (Phi) is 2.55. The van der Waals surface area contributed by atoms with E-state index in [0.717, 1.165) is 12.8 Å². The number of rotatable bonds is 3. The van der Waals surface area contributed by atoms with Crippen LogP contribution in [0.1, 0.15) is 18.9 Å². The van der Waals surface area contributed by atoms with Crippen LogP contribution in [0.25, 0.3) is 10.9 Å². The van der Waals surface area contributed by atoms with Gasteiger partial charge < -0.3 is 10.7 Å². The van der Waals surface area contributed by atoms with Gasteiger partial charge in [-0.3, -0.25) is 0 Å². The fraction of sp³-hybridized carbons (Fsp3) is 0.333. The summed E-state index contributed by atoms with van der Waals surface area (Å²) in [5.74, 6) is 0. The van der Waals surface area contributed by atoms with Crippen molar-refractivity contribution in [2.75, 3.05) is 0 Å². The number of benzene rings is 1. The van der Waals surface area contributed by atoms with Crippen LogP contribution >= 0.6 is 0 Å². The number of aromatic amines is 1. The third kappa shape index (κ3) is 1.66. The van der Waals surface area contributed by atoms with E-state index in [0.29, 0.717) is 0 Å². The highest BCUT2D eigenvalue weighted by Crippen LogP contribution is 2.18. The van der Waals surface area contributed by atoms with Gasteiger partial charge in [0.15, 0.2) is 0 Å². The summed E-state index contributed by atoms with van der Waals surface area (Å²) < 4.78 is 0. The minimum Gasteiger partial charge on any atom is -0.361 e. The third-order valence-electron chi connectivity index (χ3n) is 2.69. The van der Waals surface area contributed by atoms with Crippen molar-refractivity contribution in [2.24, 2.45) is 5.73 Å². The van der Waals surface area contributed by atoms with Crippen molar-refractivity contribution in [3.05, 3.63) is 36.0 Å². The van der Waals surface area contributed by atoms with Crippen LogP contribution in [-0.2, 0) is 6.42 Å². The molecule has 0 aliphatic carbocycles. The SMILES string of the molecule is CC[C@H](N)Cc1cccc2[nH]ccc12. The van der Waals surface area contributed by atoms with E-state index < -0.39 is 0 Å². The molecule has 0 spiro atoms. The van der Waals surface area contributed by atoms with E-state index in [9.17, 15) is 0 Å². The van der Waals surface area contributed by atoms with Crippen LogP contribution in [0.4, 0.5) is 0 Å². The Morgan fingerprint density at radius 1 is 1.36 bits per heavy atom. The molecule has 0 saturated heterocycles. The predicted molar refractivity (Wildman–Crippen MR) is 60.3 cm³/mol. The Balaban J connectivity index is 2.36. The van der Waals surface area contributed by atoms with E-state index >= 15 is 0 Å². The standard InChI is InChI=1S/C12H16N2/c1-2-10(13)8-9-4-3-5-12-11(9)6-7-14-12/h3-7,10,14H,2,8,13H2,1H3/t10-/m0/s1. The summed E-state index contributed by atoms with van der Waals surface area (Å²) >= 11 is 0. The summed E-state index contributed by atoms with van der Waals surface area (Å²) in [7, 11) is 0. The predicted octanol–water partition coefficient (Wildman–Crippen LogP) is 2.45. The summed E-state index contributed by atoms with van der Waals surface area (Å²) in [5.41, 5.74) is 8.50. The average molecular weight is 188 g/mol. The van der Waals surface area contributed by atoms with Crippen molar-refractivity contribution in [2.45, 2.75) is 25.8 Å². The van der Waals surface area contributed by atoms with Crippen molar-refractivity contribution in [3.63, 3.8) is 0 Å². The van der Waals surface area contributed by atoms with Crippen LogP contribution < -0.4 is 5.73 Å². The molecule has 0 amide bonds. The number of nitrogens with two attached hydrogens (primary N) is 1. The van der Waals surface area contributed by atoms with Crippen molar-refractivity contribution >= 4 is 10.9 Å². The molecule has 0 fully saturated rings. The lowest BCUT2D eigenvalue weighted by Crippen LogP contribution is -2.21. The molecule has 14 heavy (non-hydrogen) atoms. The Hall–Kier alpha value is -1.28. The summed E-state index contributed by atoms with van der Waals surface area (Å²) in [5, 5.41) is 1.30. The second-order valence-corrected chi connectivity index (χ2v) is 3.73. The first-order valence-corrected chi connectivity index (χ1v) is 5.12. The Labute approximate surface area is 84.1 Å². The van der Waals surface area contributed by atoms with E-state index in [4.69, 9.17) is 5.73 Å². The molecule has 2 rings (SSSR count). The van der Waals surface area contributed by atoms with E-state index in [1.54, 1.807) is 0 Å². The molecule has 1 heterocycles. The van der Waals surface area contributed by atoms with Gasteiger partial charge in [0.1, 0.15) is 0 Å². The van der Waals surface area contributed by atoms with Gasteiger partial charge in [0.2, 0.25) is 0 Å². The molecular formula is C12H16N2. The second kappa shape index (κ2) is 3.84. The first-order chi connectivity index (χ1) is 6.81. The number of H-pyrrole nitrogens is 1. The normalized spacial score (nSPS) is 13.3. The fourth-order valence-corrected chi connectivity index (χ4v) is 1.76. The van der Waals surface area contributed by atoms with Gasteiger partial charge in [0, 0.05) is 23.1 Å². The molecule has 1 atom stereocenters. The van der Waals surface area contributed by atoms with Gasteiger partial charge in [-0.15, -0.1) is 0 Å². The van der Waals surface area contributed by atoms with Crippen molar-refractivity contribution in [1.82, 2.24) is 4.98 Å². The average Bonchev–Trinajstić information content (AvgIpc) is 2.66. The van der Waals surface area contributed by atoms with Gasteiger partial charge in [-0.1, -0.05) is 19.1 Å². The molecule has 0 saturated carbocycles. The summed E-state index contributed by atoms with van der Waals surface area (Å²) in [6.07, 6.45) is 3.97. The van der Waals surface area contributed by atoms with Gasteiger partial charge in [0.25, 0.3) is 0 Å². The largest absolute Gasteiger partial charge is 0.361 e. The third-order valence-corrected chi connectivity index (χ3v) is 2.69. The van der Waals surface area contributed by atoms with Crippen LogP contribution in [0, 0.1) is 0 Å².